The van der Waals surface area contributed by atoms with Gasteiger partial charge in [-0.3, -0.25) is 19.3 Å². The lowest BCUT2D eigenvalue weighted by atomic mass is 10.1. The number of hydrogen-bond donors (Lipinski definition) is 0. The number of esters is 1. The Kier molecular flexibility index (Phi) is 4.65. The van der Waals surface area contributed by atoms with E-state index in [-0.39, 0.29) is 24.2 Å². The molecule has 1 saturated heterocycles. The molecule has 1 aliphatic rings. The summed E-state index contributed by atoms with van der Waals surface area (Å²) in [5.74, 6) is -3.90. The highest BCUT2D eigenvalue weighted by atomic mass is 19.2. The fourth-order valence-electron chi connectivity index (χ4n) is 2.03. The second-order valence-electron chi connectivity index (χ2n) is 4.61. The number of nitrogens with zero attached hydrogens (tertiary/aromatic N) is 1. The van der Waals surface area contributed by atoms with Crippen LogP contribution in [0.15, 0.2) is 23.8 Å². The maximum absolute atomic E-state index is 13.1. The third-order valence-electron chi connectivity index (χ3n) is 3.04. The molecule has 1 fully saturated rings. The fourth-order valence-corrected chi connectivity index (χ4v) is 2.03. The molecule has 1 aromatic carbocycles. The zero-order chi connectivity index (χ0) is 16.3. The number of likely N-dealkylation sites (tertiary alicyclic amines) is 1. The molecule has 2 rings (SSSR count). The van der Waals surface area contributed by atoms with Gasteiger partial charge in [0, 0.05) is 5.57 Å². The van der Waals surface area contributed by atoms with Crippen LogP contribution in [-0.4, -0.2) is 35.8 Å². The number of amides is 2. The van der Waals surface area contributed by atoms with E-state index in [4.69, 9.17) is 0 Å². The number of carbonyl (C=O) groups is 3. The van der Waals surface area contributed by atoms with Crippen molar-refractivity contribution in [3.05, 3.63) is 41.0 Å². The van der Waals surface area contributed by atoms with Gasteiger partial charge in [-0.2, -0.15) is 0 Å². The lowest BCUT2D eigenvalue weighted by Gasteiger charge is -2.11. The minimum Gasteiger partial charge on any atom is -0.465 e. The fraction of sp³-hybridized carbons (Fsp3) is 0.267. The summed E-state index contributed by atoms with van der Waals surface area (Å²) in [6.07, 6.45) is 1.10. The summed E-state index contributed by atoms with van der Waals surface area (Å²) in [6.45, 7) is 1.30. The quantitative estimate of drug-likeness (QED) is 0.482. The number of imide groups is 1. The van der Waals surface area contributed by atoms with Crippen molar-refractivity contribution in [1.29, 1.82) is 0 Å². The topological polar surface area (TPSA) is 63.7 Å². The van der Waals surface area contributed by atoms with Crippen LogP contribution in [0.2, 0.25) is 0 Å². The van der Waals surface area contributed by atoms with Crippen molar-refractivity contribution < 1.29 is 27.9 Å². The maximum Gasteiger partial charge on any atom is 0.326 e. The van der Waals surface area contributed by atoms with E-state index in [0.717, 1.165) is 17.0 Å². The average Bonchev–Trinajstić information content (AvgIpc) is 2.71. The smallest absolute Gasteiger partial charge is 0.326 e. The molecular weight excluding hydrogens is 296 g/mol. The SMILES string of the molecule is CCOC(=O)CN1C(=O)C/C(=C\c2ccc(F)c(F)c2)C1=O. The summed E-state index contributed by atoms with van der Waals surface area (Å²) in [5, 5.41) is 0. The number of halogens is 2. The van der Waals surface area contributed by atoms with Crippen LogP contribution in [0, 0.1) is 11.6 Å². The Bertz CT molecular complexity index is 670. The van der Waals surface area contributed by atoms with Gasteiger partial charge in [-0.25, -0.2) is 8.78 Å². The van der Waals surface area contributed by atoms with Gasteiger partial charge in [0.2, 0.25) is 5.91 Å². The molecule has 0 unspecified atom stereocenters. The number of benzene rings is 1. The van der Waals surface area contributed by atoms with Gasteiger partial charge in [-0.1, -0.05) is 6.07 Å². The van der Waals surface area contributed by atoms with E-state index < -0.39 is 36.0 Å². The zero-order valence-electron chi connectivity index (χ0n) is 11.8. The highest BCUT2D eigenvalue weighted by Crippen LogP contribution is 2.22. The van der Waals surface area contributed by atoms with Crippen LogP contribution < -0.4 is 0 Å². The molecule has 1 aliphatic heterocycles. The number of ether oxygens (including phenoxy) is 1. The number of rotatable bonds is 4. The van der Waals surface area contributed by atoms with Crippen molar-refractivity contribution in [2.45, 2.75) is 13.3 Å². The van der Waals surface area contributed by atoms with E-state index in [0.29, 0.717) is 0 Å². The van der Waals surface area contributed by atoms with Crippen molar-refractivity contribution in [3.63, 3.8) is 0 Å². The Balaban J connectivity index is 2.18. The monoisotopic (exact) mass is 309 g/mol. The van der Waals surface area contributed by atoms with Crippen molar-refractivity contribution in [3.8, 4) is 0 Å². The Morgan fingerprint density at radius 3 is 2.68 bits per heavy atom. The number of hydrogen-bond acceptors (Lipinski definition) is 4. The van der Waals surface area contributed by atoms with Crippen molar-refractivity contribution in [1.82, 2.24) is 4.90 Å². The van der Waals surface area contributed by atoms with E-state index >= 15 is 0 Å². The highest BCUT2D eigenvalue weighted by molar-refractivity contribution is 6.16. The van der Waals surface area contributed by atoms with E-state index in [1.165, 1.54) is 12.1 Å². The molecule has 0 aromatic heterocycles. The Morgan fingerprint density at radius 2 is 2.05 bits per heavy atom. The van der Waals surface area contributed by atoms with Crippen LogP contribution >= 0.6 is 0 Å². The molecule has 1 aromatic rings. The minimum absolute atomic E-state index is 0.111. The molecule has 0 aliphatic carbocycles. The molecule has 0 saturated carbocycles. The molecule has 0 spiro atoms. The summed E-state index contributed by atoms with van der Waals surface area (Å²) in [7, 11) is 0. The normalized spacial score (nSPS) is 16.5. The largest absolute Gasteiger partial charge is 0.465 e. The highest BCUT2D eigenvalue weighted by Gasteiger charge is 2.35. The van der Waals surface area contributed by atoms with Crippen LogP contribution in [0.4, 0.5) is 8.78 Å². The Hall–Kier alpha value is -2.57. The molecule has 0 radical (unpaired) electrons. The third kappa shape index (κ3) is 3.36. The van der Waals surface area contributed by atoms with Crippen molar-refractivity contribution in [2.75, 3.05) is 13.2 Å². The molecule has 1 heterocycles. The maximum atomic E-state index is 13.1. The predicted molar refractivity (Wildman–Crippen MR) is 72.3 cm³/mol. The van der Waals surface area contributed by atoms with Gasteiger partial charge in [0.1, 0.15) is 6.54 Å². The predicted octanol–water partition coefficient (Wildman–Crippen LogP) is 1.67. The minimum atomic E-state index is -1.05. The molecule has 0 N–H and O–H groups in total. The summed E-state index contributed by atoms with van der Waals surface area (Å²) >= 11 is 0. The van der Waals surface area contributed by atoms with E-state index in [1.807, 2.05) is 0 Å². The van der Waals surface area contributed by atoms with Crippen molar-refractivity contribution in [2.24, 2.45) is 0 Å². The van der Waals surface area contributed by atoms with Crippen molar-refractivity contribution >= 4 is 23.9 Å². The summed E-state index contributed by atoms with van der Waals surface area (Å²) in [4.78, 5) is 36.0. The van der Waals surface area contributed by atoms with Gasteiger partial charge in [0.05, 0.1) is 13.0 Å². The first-order chi connectivity index (χ1) is 10.4. The first-order valence-corrected chi connectivity index (χ1v) is 6.58. The molecule has 116 valence electrons. The van der Waals surface area contributed by atoms with Crippen LogP contribution in [0.25, 0.3) is 6.08 Å². The van der Waals surface area contributed by atoms with Gasteiger partial charge in [-0.05, 0) is 30.7 Å². The standard InChI is InChI=1S/C15H13F2NO4/c1-2-22-14(20)8-18-13(19)7-10(15(18)21)5-9-3-4-11(16)12(17)6-9/h3-6H,2,7-8H2,1H3/b10-5+. The van der Waals surface area contributed by atoms with Gasteiger partial charge in [-0.15, -0.1) is 0 Å². The second-order valence-corrected chi connectivity index (χ2v) is 4.61. The van der Waals surface area contributed by atoms with Gasteiger partial charge >= 0.3 is 5.97 Å². The Morgan fingerprint density at radius 1 is 1.32 bits per heavy atom. The molecule has 0 atom stereocenters. The van der Waals surface area contributed by atoms with Crippen LogP contribution in [0.5, 0.6) is 0 Å². The lowest BCUT2D eigenvalue weighted by Crippen LogP contribution is -2.35. The first kappa shape index (κ1) is 15.8. The summed E-state index contributed by atoms with van der Waals surface area (Å²) in [6, 6.07) is 3.14. The average molecular weight is 309 g/mol. The third-order valence-corrected chi connectivity index (χ3v) is 3.04. The van der Waals surface area contributed by atoms with Gasteiger partial charge in [0.15, 0.2) is 11.6 Å². The molecule has 7 heteroatoms. The van der Waals surface area contributed by atoms with Crippen LogP contribution in [0.3, 0.4) is 0 Å². The molecule has 2 amide bonds. The van der Waals surface area contributed by atoms with Crippen LogP contribution in [-0.2, 0) is 19.1 Å². The first-order valence-electron chi connectivity index (χ1n) is 6.58. The van der Waals surface area contributed by atoms with Crippen LogP contribution in [0.1, 0.15) is 18.9 Å². The Labute approximate surface area is 125 Å². The molecule has 5 nitrogen and oxygen atoms in total. The van der Waals surface area contributed by atoms with E-state index in [1.54, 1.807) is 6.92 Å². The summed E-state index contributed by atoms with van der Waals surface area (Å²) in [5.41, 5.74) is 0.369. The van der Waals surface area contributed by atoms with Gasteiger partial charge in [0.25, 0.3) is 5.91 Å². The van der Waals surface area contributed by atoms with E-state index in [2.05, 4.69) is 4.74 Å². The van der Waals surface area contributed by atoms with E-state index in [9.17, 15) is 23.2 Å². The lowest BCUT2D eigenvalue weighted by molar-refractivity contribution is -0.151. The second kappa shape index (κ2) is 6.46. The summed E-state index contributed by atoms with van der Waals surface area (Å²) < 4.78 is 30.7. The number of carbonyl (C=O) groups excluding carboxylic acids is 3. The van der Waals surface area contributed by atoms with Gasteiger partial charge < -0.3 is 4.74 Å². The molecule has 22 heavy (non-hydrogen) atoms. The molecule has 0 bridgehead atoms. The zero-order valence-corrected chi connectivity index (χ0v) is 11.8. The molecular formula is C15H13F2NO4.